The molecule has 21 heavy (non-hydrogen) atoms. The predicted octanol–water partition coefficient (Wildman–Crippen LogP) is 4.28. The summed E-state index contributed by atoms with van der Waals surface area (Å²) < 4.78 is 14.3. The van der Waals surface area contributed by atoms with Crippen molar-refractivity contribution in [3.05, 3.63) is 34.6 Å². The van der Waals surface area contributed by atoms with Gasteiger partial charge in [0.15, 0.2) is 0 Å². The Hall–Kier alpha value is -0.350. The van der Waals surface area contributed by atoms with Crippen molar-refractivity contribution in [1.29, 1.82) is 0 Å². The van der Waals surface area contributed by atoms with Gasteiger partial charge in [-0.2, -0.15) is 0 Å². The van der Waals surface area contributed by atoms with Gasteiger partial charge in [-0.25, -0.2) is 4.39 Å². The number of halogens is 3. The van der Waals surface area contributed by atoms with Crippen LogP contribution in [0.1, 0.15) is 38.3 Å². The quantitative estimate of drug-likeness (QED) is 0.864. The smallest absolute Gasteiger partial charge is 0.128 e. The van der Waals surface area contributed by atoms with E-state index >= 15 is 0 Å². The van der Waals surface area contributed by atoms with Crippen molar-refractivity contribution in [2.24, 2.45) is 5.92 Å². The number of piperazine rings is 1. The third kappa shape index (κ3) is 4.82. The van der Waals surface area contributed by atoms with Crippen molar-refractivity contribution in [3.63, 3.8) is 0 Å². The lowest BCUT2D eigenvalue weighted by Gasteiger charge is -2.38. The van der Waals surface area contributed by atoms with E-state index in [0.29, 0.717) is 10.9 Å². The molecular formula is C16H25Cl2FN2. The molecule has 0 saturated carbocycles. The zero-order valence-electron chi connectivity index (χ0n) is 12.7. The average Bonchev–Trinajstić information content (AvgIpc) is 2.44. The molecule has 1 N–H and O–H groups in total. The van der Waals surface area contributed by atoms with Crippen LogP contribution in [0.5, 0.6) is 0 Å². The van der Waals surface area contributed by atoms with E-state index < -0.39 is 0 Å². The van der Waals surface area contributed by atoms with Gasteiger partial charge in [-0.05, 0) is 30.5 Å². The highest BCUT2D eigenvalue weighted by atomic mass is 35.5. The topological polar surface area (TPSA) is 15.3 Å². The fraction of sp³-hybridized carbons (Fsp3) is 0.625. The third-order valence-electron chi connectivity index (χ3n) is 4.10. The van der Waals surface area contributed by atoms with Crippen molar-refractivity contribution in [3.8, 4) is 0 Å². The van der Waals surface area contributed by atoms with Crippen molar-refractivity contribution in [1.82, 2.24) is 10.2 Å². The number of benzene rings is 1. The summed E-state index contributed by atoms with van der Waals surface area (Å²) in [6.07, 6.45) is 2.21. The molecule has 1 fully saturated rings. The predicted molar refractivity (Wildman–Crippen MR) is 89.9 cm³/mol. The number of rotatable bonds is 5. The molecule has 0 amide bonds. The number of hydrogen-bond acceptors (Lipinski definition) is 2. The summed E-state index contributed by atoms with van der Waals surface area (Å²) in [4.78, 5) is 2.39. The van der Waals surface area contributed by atoms with Gasteiger partial charge < -0.3 is 5.32 Å². The molecule has 0 radical (unpaired) electrons. The monoisotopic (exact) mass is 334 g/mol. The summed E-state index contributed by atoms with van der Waals surface area (Å²) in [6.45, 7) is 8.26. The van der Waals surface area contributed by atoms with E-state index in [2.05, 4.69) is 24.1 Å². The SMILES string of the molecule is CCCC(C)[C@H](c1cc(Cl)ccc1F)N1CCNCC1.Cl. The Kier molecular flexibility index (Phi) is 7.96. The van der Waals surface area contributed by atoms with Gasteiger partial charge in [-0.15, -0.1) is 12.4 Å². The van der Waals surface area contributed by atoms with E-state index in [1.54, 1.807) is 12.1 Å². The van der Waals surface area contributed by atoms with E-state index in [0.717, 1.165) is 44.6 Å². The van der Waals surface area contributed by atoms with E-state index in [-0.39, 0.29) is 24.3 Å². The molecule has 1 saturated heterocycles. The summed E-state index contributed by atoms with van der Waals surface area (Å²) in [7, 11) is 0. The maximum Gasteiger partial charge on any atom is 0.128 e. The minimum atomic E-state index is -0.138. The van der Waals surface area contributed by atoms with Crippen LogP contribution < -0.4 is 5.32 Å². The molecule has 1 heterocycles. The summed E-state index contributed by atoms with van der Waals surface area (Å²) in [5.74, 6) is 0.284. The molecule has 2 atom stereocenters. The van der Waals surface area contributed by atoms with Crippen LogP contribution in [0.3, 0.4) is 0 Å². The van der Waals surface area contributed by atoms with E-state index in [1.165, 1.54) is 6.07 Å². The van der Waals surface area contributed by atoms with Crippen LogP contribution in [-0.4, -0.2) is 31.1 Å². The lowest BCUT2D eigenvalue weighted by Crippen LogP contribution is -2.46. The fourth-order valence-electron chi connectivity index (χ4n) is 3.18. The van der Waals surface area contributed by atoms with Crippen molar-refractivity contribution in [2.45, 2.75) is 32.7 Å². The number of nitrogens with one attached hydrogen (secondary N) is 1. The van der Waals surface area contributed by atoms with Crippen LogP contribution in [0.2, 0.25) is 5.02 Å². The molecule has 1 aromatic rings. The second-order valence-electron chi connectivity index (χ2n) is 5.66. The first-order valence-corrected chi connectivity index (χ1v) is 7.91. The van der Waals surface area contributed by atoms with Gasteiger partial charge in [0.05, 0.1) is 0 Å². The maximum atomic E-state index is 14.3. The highest BCUT2D eigenvalue weighted by Crippen LogP contribution is 2.34. The highest BCUT2D eigenvalue weighted by Gasteiger charge is 2.29. The van der Waals surface area contributed by atoms with Crippen molar-refractivity contribution >= 4 is 24.0 Å². The normalized spacial score (nSPS) is 18.9. The molecule has 1 aliphatic heterocycles. The molecule has 1 aromatic carbocycles. The Bertz CT molecular complexity index is 436. The molecule has 120 valence electrons. The Balaban J connectivity index is 0.00000220. The van der Waals surface area contributed by atoms with Crippen molar-refractivity contribution in [2.75, 3.05) is 26.2 Å². The summed E-state index contributed by atoms with van der Waals surface area (Å²) in [6, 6.07) is 5.04. The standard InChI is InChI=1S/C16H24ClFN2.ClH/c1-3-4-12(2)16(20-9-7-19-8-10-20)14-11-13(17)5-6-15(14)18;/h5-6,11-12,16,19H,3-4,7-10H2,1-2H3;1H/t12?,16-;/m1./s1. The second kappa shape index (κ2) is 8.94. The third-order valence-corrected chi connectivity index (χ3v) is 4.34. The first-order valence-electron chi connectivity index (χ1n) is 7.53. The van der Waals surface area contributed by atoms with Crippen LogP contribution in [0.25, 0.3) is 0 Å². The van der Waals surface area contributed by atoms with Crippen LogP contribution in [0.4, 0.5) is 4.39 Å². The molecule has 2 rings (SSSR count). The average molecular weight is 335 g/mol. The van der Waals surface area contributed by atoms with E-state index in [4.69, 9.17) is 11.6 Å². The molecule has 5 heteroatoms. The van der Waals surface area contributed by atoms with E-state index in [9.17, 15) is 4.39 Å². The maximum absolute atomic E-state index is 14.3. The van der Waals surface area contributed by atoms with Crippen molar-refractivity contribution < 1.29 is 4.39 Å². The second-order valence-corrected chi connectivity index (χ2v) is 6.10. The Morgan fingerprint density at radius 3 is 2.62 bits per heavy atom. The number of nitrogens with zero attached hydrogens (tertiary/aromatic N) is 1. The lowest BCUT2D eigenvalue weighted by atomic mass is 9.89. The fourth-order valence-corrected chi connectivity index (χ4v) is 3.36. The largest absolute Gasteiger partial charge is 0.314 e. The minimum absolute atomic E-state index is 0. The van der Waals surface area contributed by atoms with Crippen LogP contribution >= 0.6 is 24.0 Å². The van der Waals surface area contributed by atoms with E-state index in [1.807, 2.05) is 0 Å². The summed E-state index contributed by atoms with van der Waals surface area (Å²) in [5, 5.41) is 3.97. The first kappa shape index (κ1) is 18.7. The summed E-state index contributed by atoms with van der Waals surface area (Å²) >= 11 is 6.08. The van der Waals surface area contributed by atoms with Gasteiger partial charge in [0.2, 0.25) is 0 Å². The minimum Gasteiger partial charge on any atom is -0.314 e. The molecule has 2 nitrogen and oxygen atoms in total. The van der Waals surface area contributed by atoms with Gasteiger partial charge in [-0.3, -0.25) is 4.90 Å². The Morgan fingerprint density at radius 2 is 2.00 bits per heavy atom. The molecule has 1 aliphatic rings. The zero-order chi connectivity index (χ0) is 14.5. The van der Waals surface area contributed by atoms with Gasteiger partial charge >= 0.3 is 0 Å². The summed E-state index contributed by atoms with van der Waals surface area (Å²) in [5.41, 5.74) is 0.750. The van der Waals surface area contributed by atoms with Gasteiger partial charge in [0.1, 0.15) is 5.82 Å². The zero-order valence-corrected chi connectivity index (χ0v) is 14.3. The molecule has 0 aromatic heterocycles. The number of hydrogen-bond donors (Lipinski definition) is 1. The Labute approximate surface area is 138 Å². The molecule has 0 bridgehead atoms. The van der Waals surface area contributed by atoms with Gasteiger partial charge in [0.25, 0.3) is 0 Å². The van der Waals surface area contributed by atoms with Crippen LogP contribution in [0, 0.1) is 11.7 Å². The highest BCUT2D eigenvalue weighted by molar-refractivity contribution is 6.30. The van der Waals surface area contributed by atoms with Crippen LogP contribution in [-0.2, 0) is 0 Å². The van der Waals surface area contributed by atoms with Gasteiger partial charge in [0, 0.05) is 42.8 Å². The molecular weight excluding hydrogens is 310 g/mol. The molecule has 1 unspecified atom stereocenters. The first-order chi connectivity index (χ1) is 9.63. The van der Waals surface area contributed by atoms with Crippen LogP contribution in [0.15, 0.2) is 18.2 Å². The molecule has 0 spiro atoms. The Morgan fingerprint density at radius 1 is 1.33 bits per heavy atom. The lowest BCUT2D eigenvalue weighted by molar-refractivity contribution is 0.123. The van der Waals surface area contributed by atoms with Gasteiger partial charge in [-0.1, -0.05) is 31.9 Å². The molecule has 0 aliphatic carbocycles.